The highest BCUT2D eigenvalue weighted by atomic mass is 79.9. The lowest BCUT2D eigenvalue weighted by molar-refractivity contribution is 0.128. The predicted octanol–water partition coefficient (Wildman–Crippen LogP) is 5.52. The molecule has 0 aliphatic carbocycles. The Balaban J connectivity index is 1.13. The third kappa shape index (κ3) is 5.90. The molecule has 1 N–H and O–H groups in total. The number of rotatable bonds is 8. The number of benzene rings is 3. The van der Waals surface area contributed by atoms with Crippen LogP contribution in [0, 0.1) is 0 Å². The Morgan fingerprint density at radius 3 is 2.22 bits per heavy atom. The van der Waals surface area contributed by atoms with E-state index in [4.69, 9.17) is 4.42 Å². The van der Waals surface area contributed by atoms with E-state index in [1.165, 1.54) is 0 Å². The summed E-state index contributed by atoms with van der Waals surface area (Å²) in [4.78, 5) is 9.56. The summed E-state index contributed by atoms with van der Waals surface area (Å²) in [5.74, 6) is 0. The molecule has 1 saturated heterocycles. The number of piperazine rings is 1. The predicted molar refractivity (Wildman–Crippen MR) is 151 cm³/mol. The van der Waals surface area contributed by atoms with Gasteiger partial charge in [-0.25, -0.2) is 13.1 Å². The van der Waals surface area contributed by atoms with Crippen molar-refractivity contribution < 1.29 is 12.8 Å². The van der Waals surface area contributed by atoms with Gasteiger partial charge in [-0.2, -0.15) is 4.98 Å². The van der Waals surface area contributed by atoms with Crippen LogP contribution in [-0.2, 0) is 10.0 Å². The first-order valence-electron chi connectivity index (χ1n) is 12.5. The Labute approximate surface area is 226 Å². The molecule has 2 unspecified atom stereocenters. The largest absolute Gasteiger partial charge is 0.423 e. The molecule has 1 aliphatic heterocycles. The summed E-state index contributed by atoms with van der Waals surface area (Å²) in [6, 6.07) is 24.0. The fourth-order valence-electron chi connectivity index (χ4n) is 4.97. The second-order valence-corrected chi connectivity index (χ2v) is 12.3. The zero-order chi connectivity index (χ0) is 26.0. The molecule has 5 rings (SSSR count). The molecule has 3 aromatic carbocycles. The molecule has 7 nitrogen and oxygen atoms in total. The van der Waals surface area contributed by atoms with Crippen molar-refractivity contribution in [2.75, 3.05) is 31.1 Å². The van der Waals surface area contributed by atoms with E-state index in [0.29, 0.717) is 24.6 Å². The van der Waals surface area contributed by atoms with Gasteiger partial charge in [-0.1, -0.05) is 52.3 Å². The number of nitrogens with one attached hydrogen (secondary N) is 1. The molecular weight excluding hydrogens is 552 g/mol. The molecule has 0 radical (unpaired) electrons. The SMILES string of the molecule is CC1CN(c2nc3ccccc3o2)CC(C)N1CCCNS(=O)(=O)c1ccc(-c2ccc(Br)cc2)cc1. The van der Waals surface area contributed by atoms with Gasteiger partial charge in [-0.05, 0) is 67.8 Å². The van der Waals surface area contributed by atoms with Gasteiger partial charge < -0.3 is 9.32 Å². The minimum atomic E-state index is -3.56. The van der Waals surface area contributed by atoms with Gasteiger partial charge in [-0.3, -0.25) is 4.90 Å². The van der Waals surface area contributed by atoms with Crippen LogP contribution in [0.25, 0.3) is 22.2 Å². The molecular formula is C28H31BrN4O3S. The minimum absolute atomic E-state index is 0.280. The molecule has 1 aliphatic rings. The van der Waals surface area contributed by atoms with Gasteiger partial charge in [0.1, 0.15) is 5.52 Å². The standard InChI is InChI=1S/C28H31BrN4O3S/c1-20-18-32(28-31-26-6-3-4-7-27(26)36-28)19-21(2)33(20)17-5-16-30-37(34,35)25-14-10-23(11-15-25)22-8-12-24(29)13-9-22/h3-4,6-15,20-21,30H,5,16-19H2,1-2H3. The van der Waals surface area contributed by atoms with Gasteiger partial charge in [0.15, 0.2) is 5.58 Å². The molecule has 9 heteroatoms. The van der Waals surface area contributed by atoms with E-state index in [9.17, 15) is 8.42 Å². The number of oxazole rings is 1. The van der Waals surface area contributed by atoms with E-state index in [2.05, 4.69) is 49.3 Å². The summed E-state index contributed by atoms with van der Waals surface area (Å²) >= 11 is 3.44. The summed E-state index contributed by atoms with van der Waals surface area (Å²) in [6.07, 6.45) is 0.730. The monoisotopic (exact) mass is 582 g/mol. The summed E-state index contributed by atoms with van der Waals surface area (Å²) < 4.78 is 35.4. The lowest BCUT2D eigenvalue weighted by Gasteiger charge is -2.44. The number of sulfonamides is 1. The van der Waals surface area contributed by atoms with E-state index in [1.54, 1.807) is 12.1 Å². The van der Waals surface area contributed by atoms with Crippen molar-refractivity contribution in [3.8, 4) is 11.1 Å². The van der Waals surface area contributed by atoms with E-state index >= 15 is 0 Å². The molecule has 0 amide bonds. The fourth-order valence-corrected chi connectivity index (χ4v) is 6.31. The van der Waals surface area contributed by atoms with Gasteiger partial charge in [0.2, 0.25) is 10.0 Å². The second kappa shape index (κ2) is 10.9. The number of halogens is 1. The van der Waals surface area contributed by atoms with Gasteiger partial charge in [0, 0.05) is 42.7 Å². The number of para-hydroxylation sites is 2. The molecule has 1 fully saturated rings. The van der Waals surface area contributed by atoms with Crippen molar-refractivity contribution in [1.29, 1.82) is 0 Å². The van der Waals surface area contributed by atoms with E-state index < -0.39 is 10.0 Å². The van der Waals surface area contributed by atoms with Crippen molar-refractivity contribution in [2.45, 2.75) is 37.2 Å². The van der Waals surface area contributed by atoms with Crippen LogP contribution in [-0.4, -0.2) is 56.6 Å². The molecule has 0 spiro atoms. The highest BCUT2D eigenvalue weighted by Crippen LogP contribution is 2.26. The highest BCUT2D eigenvalue weighted by Gasteiger charge is 2.31. The van der Waals surface area contributed by atoms with Crippen LogP contribution < -0.4 is 9.62 Å². The molecule has 4 aromatic rings. The van der Waals surface area contributed by atoms with Crippen LogP contribution in [0.2, 0.25) is 0 Å². The van der Waals surface area contributed by atoms with Crippen LogP contribution >= 0.6 is 15.9 Å². The summed E-state index contributed by atoms with van der Waals surface area (Å²) in [5.41, 5.74) is 3.69. The minimum Gasteiger partial charge on any atom is -0.423 e. The first-order chi connectivity index (χ1) is 17.8. The smallest absolute Gasteiger partial charge is 0.298 e. The van der Waals surface area contributed by atoms with E-state index in [1.807, 2.05) is 60.7 Å². The molecule has 194 valence electrons. The Morgan fingerprint density at radius 2 is 1.57 bits per heavy atom. The number of hydrogen-bond donors (Lipinski definition) is 1. The van der Waals surface area contributed by atoms with Crippen molar-refractivity contribution >= 4 is 43.1 Å². The number of fused-ring (bicyclic) bond motifs is 1. The highest BCUT2D eigenvalue weighted by molar-refractivity contribution is 9.10. The fraction of sp³-hybridized carbons (Fsp3) is 0.321. The van der Waals surface area contributed by atoms with Crippen LogP contribution in [0.3, 0.4) is 0 Å². The maximum Gasteiger partial charge on any atom is 0.298 e. The zero-order valence-electron chi connectivity index (χ0n) is 21.0. The Morgan fingerprint density at radius 1 is 0.946 bits per heavy atom. The van der Waals surface area contributed by atoms with E-state index in [0.717, 1.165) is 52.8 Å². The molecule has 0 bridgehead atoms. The first-order valence-corrected chi connectivity index (χ1v) is 14.8. The van der Waals surface area contributed by atoms with Crippen LogP contribution in [0.1, 0.15) is 20.3 Å². The molecule has 37 heavy (non-hydrogen) atoms. The number of nitrogens with zero attached hydrogens (tertiary/aromatic N) is 3. The van der Waals surface area contributed by atoms with Gasteiger partial charge >= 0.3 is 0 Å². The van der Waals surface area contributed by atoms with Crippen LogP contribution in [0.4, 0.5) is 6.01 Å². The summed E-state index contributed by atoms with van der Waals surface area (Å²) in [5, 5.41) is 0. The second-order valence-electron chi connectivity index (χ2n) is 9.59. The van der Waals surface area contributed by atoms with Crippen molar-refractivity contribution in [1.82, 2.24) is 14.6 Å². The average Bonchev–Trinajstić information content (AvgIpc) is 3.33. The van der Waals surface area contributed by atoms with Crippen molar-refractivity contribution in [2.24, 2.45) is 0 Å². The van der Waals surface area contributed by atoms with Crippen LogP contribution in [0.15, 0.2) is 86.6 Å². The van der Waals surface area contributed by atoms with E-state index in [-0.39, 0.29) is 4.90 Å². The van der Waals surface area contributed by atoms with Gasteiger partial charge in [-0.15, -0.1) is 0 Å². The number of anilines is 1. The van der Waals surface area contributed by atoms with Crippen molar-refractivity contribution in [3.63, 3.8) is 0 Å². The van der Waals surface area contributed by atoms with Gasteiger partial charge in [0.25, 0.3) is 6.01 Å². The molecule has 0 saturated carbocycles. The number of hydrogen-bond acceptors (Lipinski definition) is 6. The quantitative estimate of drug-likeness (QED) is 0.275. The Hall–Kier alpha value is -2.72. The van der Waals surface area contributed by atoms with Crippen LogP contribution in [0.5, 0.6) is 0 Å². The molecule has 2 heterocycles. The Bertz CT molecular complexity index is 1410. The summed E-state index contributed by atoms with van der Waals surface area (Å²) in [6.45, 7) is 7.22. The van der Waals surface area contributed by atoms with Gasteiger partial charge in [0.05, 0.1) is 4.90 Å². The third-order valence-electron chi connectivity index (χ3n) is 6.88. The zero-order valence-corrected chi connectivity index (χ0v) is 23.4. The average molecular weight is 584 g/mol. The molecule has 2 atom stereocenters. The summed E-state index contributed by atoms with van der Waals surface area (Å²) in [7, 11) is -3.56. The Kier molecular flexibility index (Phi) is 7.67. The third-order valence-corrected chi connectivity index (χ3v) is 8.89. The lowest BCUT2D eigenvalue weighted by atomic mass is 10.1. The normalized spacial score (nSPS) is 18.9. The van der Waals surface area contributed by atoms with Crippen molar-refractivity contribution in [3.05, 3.63) is 77.3 Å². The molecule has 1 aromatic heterocycles. The lowest BCUT2D eigenvalue weighted by Crippen LogP contribution is -2.57. The maximum absolute atomic E-state index is 12.8. The number of aromatic nitrogens is 1. The maximum atomic E-state index is 12.8. The first kappa shape index (κ1) is 25.9. The topological polar surface area (TPSA) is 78.7 Å².